The molecule has 0 aliphatic carbocycles. The fourth-order valence-corrected chi connectivity index (χ4v) is 0.849. The summed E-state index contributed by atoms with van der Waals surface area (Å²) in [6, 6.07) is 0. The number of carboxylic acid groups (broad SMARTS) is 1. The van der Waals surface area contributed by atoms with Gasteiger partial charge >= 0.3 is 23.9 Å². The molecule has 8 nitrogen and oxygen atoms in total. The molecule has 0 heterocycles. The SMILES string of the molecule is C=C.C=CC(=O)OC.C=CC(=O)OCCCC.CCCOC(=O)C=CC(=O)O. The smallest absolute Gasteiger partial charge is 0.331 e. The van der Waals surface area contributed by atoms with Crippen LogP contribution in [0.1, 0.15) is 33.1 Å². The van der Waals surface area contributed by atoms with Crippen molar-refractivity contribution >= 4 is 23.9 Å². The summed E-state index contributed by atoms with van der Waals surface area (Å²) < 4.78 is 13.4. The zero-order valence-corrected chi connectivity index (χ0v) is 17.0. The van der Waals surface area contributed by atoms with Crippen molar-refractivity contribution in [1.82, 2.24) is 0 Å². The number of esters is 3. The molecule has 0 fully saturated rings. The van der Waals surface area contributed by atoms with E-state index in [9.17, 15) is 19.2 Å². The molecule has 0 unspecified atom stereocenters. The van der Waals surface area contributed by atoms with E-state index >= 15 is 0 Å². The highest BCUT2D eigenvalue weighted by Crippen LogP contribution is 1.88. The summed E-state index contributed by atoms with van der Waals surface area (Å²) >= 11 is 0. The maximum Gasteiger partial charge on any atom is 0.331 e. The van der Waals surface area contributed by atoms with E-state index in [1.165, 1.54) is 13.2 Å². The summed E-state index contributed by atoms with van der Waals surface area (Å²) in [5.41, 5.74) is 0. The Morgan fingerprint density at radius 3 is 1.64 bits per heavy atom. The second kappa shape index (κ2) is 28.6. The lowest BCUT2D eigenvalue weighted by molar-refractivity contribution is -0.139. The number of unbranched alkanes of at least 4 members (excludes halogenated alkanes) is 1. The van der Waals surface area contributed by atoms with Crippen molar-refractivity contribution in [3.05, 3.63) is 50.6 Å². The average Bonchev–Trinajstić information content (AvgIpc) is 2.72. The molecule has 0 aliphatic rings. The Morgan fingerprint density at radius 2 is 1.32 bits per heavy atom. The van der Waals surface area contributed by atoms with Crippen LogP contribution in [0.5, 0.6) is 0 Å². The molecule has 0 saturated heterocycles. The molecular formula is C20H32O8. The van der Waals surface area contributed by atoms with Gasteiger partial charge in [0.05, 0.1) is 20.3 Å². The van der Waals surface area contributed by atoms with E-state index in [0.717, 1.165) is 37.5 Å². The lowest BCUT2D eigenvalue weighted by Crippen LogP contribution is -2.02. The van der Waals surface area contributed by atoms with Crippen LogP contribution in [0.15, 0.2) is 50.6 Å². The van der Waals surface area contributed by atoms with Gasteiger partial charge in [0, 0.05) is 24.3 Å². The minimum atomic E-state index is -1.15. The number of hydrogen-bond donors (Lipinski definition) is 1. The first kappa shape index (κ1) is 32.5. The van der Waals surface area contributed by atoms with Crippen molar-refractivity contribution < 1.29 is 38.5 Å². The van der Waals surface area contributed by atoms with E-state index in [4.69, 9.17) is 5.11 Å². The zero-order valence-electron chi connectivity index (χ0n) is 17.0. The number of hydrogen-bond acceptors (Lipinski definition) is 7. The average molecular weight is 400 g/mol. The first-order valence-electron chi connectivity index (χ1n) is 8.36. The number of methoxy groups -OCH3 is 1. The molecule has 0 radical (unpaired) electrons. The molecule has 0 saturated carbocycles. The number of carbonyl (C=O) groups is 4. The monoisotopic (exact) mass is 400 g/mol. The number of ether oxygens (including phenoxy) is 3. The highest BCUT2D eigenvalue weighted by atomic mass is 16.5. The van der Waals surface area contributed by atoms with Crippen LogP contribution in [0.2, 0.25) is 0 Å². The summed E-state index contributed by atoms with van der Waals surface area (Å²) in [5, 5.41) is 8.09. The number of rotatable bonds is 9. The van der Waals surface area contributed by atoms with Gasteiger partial charge in [-0.05, 0) is 12.8 Å². The van der Waals surface area contributed by atoms with Gasteiger partial charge in [-0.1, -0.05) is 33.4 Å². The fourth-order valence-electron chi connectivity index (χ4n) is 0.849. The molecule has 0 spiro atoms. The van der Waals surface area contributed by atoms with Crippen molar-refractivity contribution in [1.29, 1.82) is 0 Å². The summed E-state index contributed by atoms with van der Waals surface area (Å²) in [4.78, 5) is 40.6. The second-order valence-corrected chi connectivity index (χ2v) is 4.29. The minimum absolute atomic E-state index is 0.322. The van der Waals surface area contributed by atoms with Gasteiger partial charge in [-0.25, -0.2) is 19.2 Å². The summed E-state index contributed by atoms with van der Waals surface area (Å²) in [6.45, 7) is 17.2. The van der Waals surface area contributed by atoms with Crippen LogP contribution in [-0.4, -0.2) is 49.3 Å². The van der Waals surface area contributed by atoms with E-state index in [1.807, 2.05) is 13.8 Å². The first-order valence-corrected chi connectivity index (χ1v) is 8.36. The quantitative estimate of drug-likeness (QED) is 0.206. The second-order valence-electron chi connectivity index (χ2n) is 4.29. The molecule has 0 aromatic rings. The standard InChI is InChI=1S/C7H10O4.C7H12O2.C4H6O2.C2H4/c1-2-5-11-7(10)4-3-6(8)9;1-3-5-6-9-7(8)4-2;1-3-4(5)6-2;1-2/h3-4H,2,5H2,1H3,(H,8,9);4H,2-3,5-6H2,1H3;3H,1H2,2H3;1-2H2. The van der Waals surface area contributed by atoms with E-state index in [-0.39, 0.29) is 5.97 Å². The lowest BCUT2D eigenvalue weighted by Gasteiger charge is -1.97. The summed E-state index contributed by atoms with van der Waals surface area (Å²) in [7, 11) is 1.31. The Bertz CT molecular complexity index is 481. The van der Waals surface area contributed by atoms with Crippen molar-refractivity contribution in [2.45, 2.75) is 33.1 Å². The largest absolute Gasteiger partial charge is 0.478 e. The predicted octanol–water partition coefficient (Wildman–Crippen LogP) is 3.24. The maximum atomic E-state index is 10.5. The van der Waals surface area contributed by atoms with Gasteiger partial charge in [0.25, 0.3) is 0 Å². The van der Waals surface area contributed by atoms with Gasteiger partial charge in [0.1, 0.15) is 0 Å². The van der Waals surface area contributed by atoms with Crippen molar-refractivity contribution in [2.24, 2.45) is 0 Å². The molecule has 8 heteroatoms. The molecular weight excluding hydrogens is 368 g/mol. The Labute approximate surface area is 167 Å². The first-order chi connectivity index (χ1) is 13.3. The van der Waals surface area contributed by atoms with Gasteiger partial charge < -0.3 is 19.3 Å². The van der Waals surface area contributed by atoms with Gasteiger partial charge in [-0.15, -0.1) is 13.2 Å². The van der Waals surface area contributed by atoms with Crippen LogP contribution in [0.3, 0.4) is 0 Å². The normalized spacial score (nSPS) is 8.25. The van der Waals surface area contributed by atoms with Crippen LogP contribution in [0.4, 0.5) is 0 Å². The third-order valence-corrected chi connectivity index (χ3v) is 2.09. The molecule has 0 amide bonds. The molecule has 1 N–H and O–H groups in total. The van der Waals surface area contributed by atoms with E-state index in [2.05, 4.69) is 40.5 Å². The molecule has 0 atom stereocenters. The Balaban J connectivity index is -0.000000153. The highest BCUT2D eigenvalue weighted by molar-refractivity contribution is 5.90. The van der Waals surface area contributed by atoms with Crippen LogP contribution in [0, 0.1) is 0 Å². The van der Waals surface area contributed by atoms with Gasteiger partial charge in [-0.3, -0.25) is 0 Å². The Hall–Kier alpha value is -3.16. The molecule has 0 aromatic heterocycles. The van der Waals surface area contributed by atoms with Crippen molar-refractivity contribution in [2.75, 3.05) is 20.3 Å². The summed E-state index contributed by atoms with van der Waals surface area (Å²) in [6.07, 6.45) is 6.63. The fraction of sp³-hybridized carbons (Fsp3) is 0.400. The molecule has 0 bridgehead atoms. The van der Waals surface area contributed by atoms with Crippen molar-refractivity contribution in [3.8, 4) is 0 Å². The number of aliphatic carboxylic acids is 1. The maximum absolute atomic E-state index is 10.5. The number of carboxylic acids is 1. The summed E-state index contributed by atoms with van der Waals surface area (Å²) in [5.74, 6) is -2.49. The van der Waals surface area contributed by atoms with Crippen LogP contribution in [0.25, 0.3) is 0 Å². The third-order valence-electron chi connectivity index (χ3n) is 2.09. The van der Waals surface area contributed by atoms with Crippen LogP contribution in [-0.2, 0) is 33.4 Å². The lowest BCUT2D eigenvalue weighted by atomic mass is 10.4. The van der Waals surface area contributed by atoms with Gasteiger partial charge in [-0.2, -0.15) is 0 Å². The van der Waals surface area contributed by atoms with Crippen LogP contribution < -0.4 is 0 Å². The van der Waals surface area contributed by atoms with E-state index in [0.29, 0.717) is 13.2 Å². The third kappa shape index (κ3) is 38.4. The molecule has 160 valence electrons. The van der Waals surface area contributed by atoms with Gasteiger partial charge in [0.2, 0.25) is 0 Å². The van der Waals surface area contributed by atoms with Crippen LogP contribution >= 0.6 is 0 Å². The van der Waals surface area contributed by atoms with E-state index in [1.54, 1.807) is 0 Å². The molecule has 0 rings (SSSR count). The highest BCUT2D eigenvalue weighted by Gasteiger charge is 1.95. The zero-order chi connectivity index (χ0) is 22.8. The van der Waals surface area contributed by atoms with Crippen molar-refractivity contribution in [3.63, 3.8) is 0 Å². The molecule has 0 aromatic carbocycles. The number of carbonyl (C=O) groups excluding carboxylic acids is 3. The molecule has 28 heavy (non-hydrogen) atoms. The Kier molecular flexibility index (Phi) is 33.2. The molecule has 0 aliphatic heterocycles. The Morgan fingerprint density at radius 1 is 0.821 bits per heavy atom. The topological polar surface area (TPSA) is 116 Å². The minimum Gasteiger partial charge on any atom is -0.478 e. The van der Waals surface area contributed by atoms with E-state index < -0.39 is 17.9 Å². The van der Waals surface area contributed by atoms with Gasteiger partial charge in [0.15, 0.2) is 0 Å². The predicted molar refractivity (Wildman–Crippen MR) is 108 cm³/mol.